The first-order valence-corrected chi connectivity index (χ1v) is 4.95. The van der Waals surface area contributed by atoms with Crippen molar-refractivity contribution in [3.8, 4) is 0 Å². The Morgan fingerprint density at radius 1 is 1.43 bits per heavy atom. The highest BCUT2D eigenvalue weighted by molar-refractivity contribution is 5.73. The van der Waals surface area contributed by atoms with Gasteiger partial charge in [-0.2, -0.15) is 0 Å². The molecule has 5 heteroatoms. The van der Waals surface area contributed by atoms with Crippen molar-refractivity contribution in [2.45, 2.75) is 19.9 Å². The summed E-state index contributed by atoms with van der Waals surface area (Å²) in [5.74, 6) is -1.01. The molecule has 0 aromatic rings. The van der Waals surface area contributed by atoms with Crippen LogP contribution in [0.15, 0.2) is 0 Å². The fourth-order valence-corrected chi connectivity index (χ4v) is 1.17. The molecule has 0 radical (unpaired) electrons. The van der Waals surface area contributed by atoms with Gasteiger partial charge in [-0.05, 0) is 13.1 Å². The van der Waals surface area contributed by atoms with Gasteiger partial charge in [-0.25, -0.2) is 0 Å². The Kier molecular flexibility index (Phi) is 7.37. The van der Waals surface area contributed by atoms with Gasteiger partial charge in [0, 0.05) is 13.1 Å². The number of aliphatic carboxylic acids is 1. The van der Waals surface area contributed by atoms with E-state index >= 15 is 0 Å². The molecule has 3 N–H and O–H groups in total. The van der Waals surface area contributed by atoms with Crippen LogP contribution in [0.5, 0.6) is 0 Å². The minimum Gasteiger partial charge on any atom is -0.480 e. The third-order valence-corrected chi connectivity index (χ3v) is 2.19. The zero-order chi connectivity index (χ0) is 11.0. The molecule has 84 valence electrons. The molecule has 0 heterocycles. The quantitative estimate of drug-likeness (QED) is 0.490. The molecule has 0 aromatic carbocycles. The number of hydrogen-bond acceptors (Lipinski definition) is 4. The molecule has 0 aliphatic rings. The highest BCUT2D eigenvalue weighted by atomic mass is 16.4. The maximum absolute atomic E-state index is 10.5. The Bertz CT molecular complexity index is 160. The topological polar surface area (TPSA) is 72.8 Å². The number of aliphatic hydroxyl groups excluding tert-OH is 1. The molecule has 0 aliphatic carbocycles. The van der Waals surface area contributed by atoms with Crippen molar-refractivity contribution in [2.75, 3.05) is 32.8 Å². The third-order valence-electron chi connectivity index (χ3n) is 2.19. The molecule has 1 atom stereocenters. The van der Waals surface area contributed by atoms with Gasteiger partial charge in [0.2, 0.25) is 0 Å². The van der Waals surface area contributed by atoms with Crippen molar-refractivity contribution in [2.24, 2.45) is 0 Å². The number of carboxylic acids is 1. The zero-order valence-corrected chi connectivity index (χ0v) is 8.86. The number of carbonyl (C=O) groups is 1. The molecular formula is C9H20N2O3. The lowest BCUT2D eigenvalue weighted by atomic mass is 10.3. The predicted octanol–water partition coefficient (Wildman–Crippen LogP) is -0.637. The van der Waals surface area contributed by atoms with E-state index in [2.05, 4.69) is 24.1 Å². The largest absolute Gasteiger partial charge is 0.480 e. The molecule has 0 spiro atoms. The van der Waals surface area contributed by atoms with Crippen LogP contribution in [-0.4, -0.2) is 59.9 Å². The standard InChI is InChI=1S/C9H20N2O3/c1-3-11(4-2)6-5-10-8(7-12)9(13)14/h8,10,12H,3-7H2,1-2H3,(H,13,14). The first kappa shape index (κ1) is 13.4. The Hall–Kier alpha value is -0.650. The molecule has 0 saturated heterocycles. The summed E-state index contributed by atoms with van der Waals surface area (Å²) in [5, 5.41) is 20.1. The van der Waals surface area contributed by atoms with Crippen molar-refractivity contribution in [3.05, 3.63) is 0 Å². The predicted molar refractivity (Wildman–Crippen MR) is 54.3 cm³/mol. The summed E-state index contributed by atoms with van der Waals surface area (Å²) >= 11 is 0. The maximum Gasteiger partial charge on any atom is 0.323 e. The number of aliphatic hydroxyl groups is 1. The summed E-state index contributed by atoms with van der Waals surface area (Å²) in [4.78, 5) is 12.7. The molecule has 0 fully saturated rings. The maximum atomic E-state index is 10.5. The fourth-order valence-electron chi connectivity index (χ4n) is 1.17. The van der Waals surface area contributed by atoms with Gasteiger partial charge in [-0.1, -0.05) is 13.8 Å². The van der Waals surface area contributed by atoms with Gasteiger partial charge >= 0.3 is 5.97 Å². The number of likely N-dealkylation sites (N-methyl/N-ethyl adjacent to an activating group) is 1. The van der Waals surface area contributed by atoms with E-state index in [1.165, 1.54) is 0 Å². The molecule has 0 aliphatic heterocycles. The van der Waals surface area contributed by atoms with E-state index in [0.29, 0.717) is 6.54 Å². The van der Waals surface area contributed by atoms with Crippen LogP contribution in [0.2, 0.25) is 0 Å². The van der Waals surface area contributed by atoms with Crippen molar-refractivity contribution in [3.63, 3.8) is 0 Å². The summed E-state index contributed by atoms with van der Waals surface area (Å²) < 4.78 is 0. The number of hydrogen-bond donors (Lipinski definition) is 3. The van der Waals surface area contributed by atoms with Crippen molar-refractivity contribution >= 4 is 5.97 Å². The lowest BCUT2D eigenvalue weighted by Crippen LogP contribution is -2.43. The van der Waals surface area contributed by atoms with E-state index < -0.39 is 12.0 Å². The van der Waals surface area contributed by atoms with Crippen molar-refractivity contribution in [1.82, 2.24) is 10.2 Å². The monoisotopic (exact) mass is 204 g/mol. The number of nitrogens with zero attached hydrogens (tertiary/aromatic N) is 1. The third kappa shape index (κ3) is 5.16. The first-order chi connectivity index (χ1) is 6.65. The van der Waals surface area contributed by atoms with Crippen LogP contribution in [-0.2, 0) is 4.79 Å². The Balaban J connectivity index is 3.65. The Morgan fingerprint density at radius 2 is 2.00 bits per heavy atom. The SMILES string of the molecule is CCN(CC)CCNC(CO)C(=O)O. The number of nitrogens with one attached hydrogen (secondary N) is 1. The van der Waals surface area contributed by atoms with Gasteiger partial charge in [0.25, 0.3) is 0 Å². The van der Waals surface area contributed by atoms with Crippen LogP contribution in [0, 0.1) is 0 Å². The van der Waals surface area contributed by atoms with E-state index in [9.17, 15) is 4.79 Å². The lowest BCUT2D eigenvalue weighted by Gasteiger charge is -2.19. The van der Waals surface area contributed by atoms with Gasteiger partial charge in [0.05, 0.1) is 6.61 Å². The second kappa shape index (κ2) is 7.73. The average molecular weight is 204 g/mol. The summed E-state index contributed by atoms with van der Waals surface area (Å²) in [7, 11) is 0. The van der Waals surface area contributed by atoms with Crippen molar-refractivity contribution in [1.29, 1.82) is 0 Å². The van der Waals surface area contributed by atoms with Crippen LogP contribution in [0.3, 0.4) is 0 Å². The minimum atomic E-state index is -1.01. The molecular weight excluding hydrogens is 184 g/mol. The van der Waals surface area contributed by atoms with Crippen LogP contribution in [0.1, 0.15) is 13.8 Å². The normalized spacial score (nSPS) is 13.1. The zero-order valence-electron chi connectivity index (χ0n) is 8.86. The van der Waals surface area contributed by atoms with Crippen LogP contribution in [0.4, 0.5) is 0 Å². The molecule has 5 nitrogen and oxygen atoms in total. The van der Waals surface area contributed by atoms with Crippen LogP contribution >= 0.6 is 0 Å². The Labute approximate surface area is 84.7 Å². The number of rotatable bonds is 8. The van der Waals surface area contributed by atoms with Crippen molar-refractivity contribution < 1.29 is 15.0 Å². The molecule has 14 heavy (non-hydrogen) atoms. The fraction of sp³-hybridized carbons (Fsp3) is 0.889. The molecule has 0 amide bonds. The van der Waals surface area contributed by atoms with Crippen LogP contribution < -0.4 is 5.32 Å². The van der Waals surface area contributed by atoms with E-state index in [1.807, 2.05) is 0 Å². The molecule has 0 saturated carbocycles. The summed E-state index contributed by atoms with van der Waals surface area (Å²) in [6, 6.07) is -0.842. The lowest BCUT2D eigenvalue weighted by molar-refractivity contribution is -0.140. The van der Waals surface area contributed by atoms with Gasteiger partial charge in [0.15, 0.2) is 0 Å². The van der Waals surface area contributed by atoms with E-state index in [1.54, 1.807) is 0 Å². The summed E-state index contributed by atoms with van der Waals surface area (Å²) in [6.45, 7) is 7.04. The number of carboxylic acid groups (broad SMARTS) is 1. The van der Waals surface area contributed by atoms with Gasteiger partial charge in [-0.3, -0.25) is 4.79 Å². The minimum absolute atomic E-state index is 0.367. The average Bonchev–Trinajstić information content (AvgIpc) is 2.18. The second-order valence-corrected chi connectivity index (χ2v) is 3.05. The van der Waals surface area contributed by atoms with Gasteiger partial charge < -0.3 is 20.4 Å². The van der Waals surface area contributed by atoms with Crippen LogP contribution in [0.25, 0.3) is 0 Å². The summed E-state index contributed by atoms with van der Waals surface area (Å²) in [6.07, 6.45) is 0. The second-order valence-electron chi connectivity index (χ2n) is 3.05. The molecule has 0 rings (SSSR count). The Morgan fingerprint density at radius 3 is 2.36 bits per heavy atom. The van der Waals surface area contributed by atoms with Gasteiger partial charge in [0.1, 0.15) is 6.04 Å². The highest BCUT2D eigenvalue weighted by Crippen LogP contribution is 1.86. The molecule has 0 aromatic heterocycles. The highest BCUT2D eigenvalue weighted by Gasteiger charge is 2.14. The molecule has 1 unspecified atom stereocenters. The van der Waals surface area contributed by atoms with E-state index in [4.69, 9.17) is 10.2 Å². The van der Waals surface area contributed by atoms with E-state index in [0.717, 1.165) is 19.6 Å². The summed E-state index contributed by atoms with van der Waals surface area (Å²) in [5.41, 5.74) is 0. The van der Waals surface area contributed by atoms with Gasteiger partial charge in [-0.15, -0.1) is 0 Å². The smallest absolute Gasteiger partial charge is 0.323 e. The first-order valence-electron chi connectivity index (χ1n) is 4.95. The molecule has 0 bridgehead atoms. The van der Waals surface area contributed by atoms with E-state index in [-0.39, 0.29) is 6.61 Å².